The Morgan fingerprint density at radius 3 is 2.62 bits per heavy atom. The summed E-state index contributed by atoms with van der Waals surface area (Å²) in [5.41, 5.74) is 4.01. The highest BCUT2D eigenvalue weighted by molar-refractivity contribution is 5.67. The summed E-state index contributed by atoms with van der Waals surface area (Å²) in [6.07, 6.45) is 1.39. The summed E-state index contributed by atoms with van der Waals surface area (Å²) in [6.45, 7) is 5.22. The molecule has 0 radical (unpaired) electrons. The quantitative estimate of drug-likeness (QED) is 0.758. The van der Waals surface area contributed by atoms with Gasteiger partial charge < -0.3 is 14.9 Å². The topological polar surface area (TPSA) is 59.6 Å². The van der Waals surface area contributed by atoms with Crippen LogP contribution in [0.3, 0.4) is 0 Å². The predicted molar refractivity (Wildman–Crippen MR) is 80.5 cm³/mol. The van der Waals surface area contributed by atoms with Crippen molar-refractivity contribution in [3.05, 3.63) is 35.9 Å². The Kier molecular flexibility index (Phi) is 6.02. The maximum atomic E-state index is 11.6. The van der Waals surface area contributed by atoms with E-state index < -0.39 is 0 Å². The zero-order chi connectivity index (χ0) is 15.1. The Labute approximate surface area is 126 Å². The maximum Gasteiger partial charge on any atom is 0.407 e. The van der Waals surface area contributed by atoms with Crippen LogP contribution in [-0.4, -0.2) is 24.8 Å². The van der Waals surface area contributed by atoms with Crippen LogP contribution in [0.15, 0.2) is 30.3 Å². The monoisotopic (exact) mass is 292 g/mol. The molecule has 1 aromatic rings. The Hall–Kier alpha value is -1.59. The molecule has 21 heavy (non-hydrogen) atoms. The molecule has 2 N–H and O–H groups in total. The van der Waals surface area contributed by atoms with Crippen molar-refractivity contribution in [3.8, 4) is 0 Å². The van der Waals surface area contributed by atoms with E-state index in [-0.39, 0.29) is 12.1 Å². The van der Waals surface area contributed by atoms with Crippen molar-refractivity contribution < 1.29 is 14.4 Å². The van der Waals surface area contributed by atoms with Gasteiger partial charge in [-0.2, -0.15) is 5.48 Å². The number of hydrogen-bond acceptors (Lipinski definition) is 4. The molecule has 0 aliphatic heterocycles. The third kappa shape index (κ3) is 5.73. The minimum Gasteiger partial charge on any atom is -0.445 e. The fourth-order valence-electron chi connectivity index (χ4n) is 2.10. The first-order valence-corrected chi connectivity index (χ1v) is 7.48. The largest absolute Gasteiger partial charge is 0.445 e. The van der Waals surface area contributed by atoms with Crippen LogP contribution < -0.4 is 10.8 Å². The van der Waals surface area contributed by atoms with Gasteiger partial charge in [-0.1, -0.05) is 44.2 Å². The number of hydroxylamine groups is 1. The normalized spacial score (nSPS) is 20.9. The van der Waals surface area contributed by atoms with Crippen molar-refractivity contribution in [2.24, 2.45) is 5.92 Å². The molecular weight excluding hydrogens is 268 g/mol. The van der Waals surface area contributed by atoms with Crippen LogP contribution in [0.5, 0.6) is 0 Å². The highest BCUT2D eigenvalue weighted by atomic mass is 16.6. The first-order valence-electron chi connectivity index (χ1n) is 7.48. The molecule has 5 heteroatoms. The minimum atomic E-state index is -0.356. The lowest BCUT2D eigenvalue weighted by Crippen LogP contribution is -2.52. The summed E-state index contributed by atoms with van der Waals surface area (Å²) < 4.78 is 5.18. The molecule has 1 aromatic carbocycles. The number of alkyl carbamates (subject to hydrolysis) is 1. The smallest absolute Gasteiger partial charge is 0.407 e. The molecule has 1 saturated carbocycles. The van der Waals surface area contributed by atoms with Gasteiger partial charge >= 0.3 is 6.09 Å². The zero-order valence-corrected chi connectivity index (χ0v) is 12.7. The summed E-state index contributed by atoms with van der Waals surface area (Å²) in [5, 5.41) is 2.86. The van der Waals surface area contributed by atoms with Gasteiger partial charge in [0.05, 0.1) is 6.61 Å². The molecule has 0 heterocycles. The summed E-state index contributed by atoms with van der Waals surface area (Å²) >= 11 is 0. The molecular formula is C16H24N2O3. The lowest BCUT2D eigenvalue weighted by atomic mass is 9.87. The molecule has 5 nitrogen and oxygen atoms in total. The Balaban J connectivity index is 1.54. The summed E-state index contributed by atoms with van der Waals surface area (Å²) in [7, 11) is 0. The molecule has 1 aliphatic rings. The van der Waals surface area contributed by atoms with E-state index in [0.717, 1.165) is 18.4 Å². The van der Waals surface area contributed by atoms with E-state index >= 15 is 0 Å². The first kappa shape index (κ1) is 15.8. The number of benzene rings is 1. The molecule has 2 rings (SSSR count). The van der Waals surface area contributed by atoms with E-state index in [0.29, 0.717) is 25.2 Å². The van der Waals surface area contributed by atoms with Crippen LogP contribution in [0.4, 0.5) is 4.79 Å². The summed E-state index contributed by atoms with van der Waals surface area (Å²) in [5.74, 6) is 0.513. The van der Waals surface area contributed by atoms with Crippen molar-refractivity contribution in [3.63, 3.8) is 0 Å². The second kappa shape index (κ2) is 8.00. The lowest BCUT2D eigenvalue weighted by Gasteiger charge is -2.35. The van der Waals surface area contributed by atoms with Gasteiger partial charge in [-0.25, -0.2) is 4.79 Å². The highest BCUT2D eigenvalue weighted by Gasteiger charge is 2.30. The molecule has 1 aliphatic carbocycles. The van der Waals surface area contributed by atoms with E-state index in [1.165, 1.54) is 0 Å². The predicted octanol–water partition coefficient (Wildman–Crippen LogP) is 2.62. The Bertz CT molecular complexity index is 430. The van der Waals surface area contributed by atoms with Crippen molar-refractivity contribution in [2.75, 3.05) is 6.61 Å². The van der Waals surface area contributed by atoms with Crippen molar-refractivity contribution in [1.82, 2.24) is 10.8 Å². The van der Waals surface area contributed by atoms with Gasteiger partial charge in [0, 0.05) is 12.1 Å². The molecule has 1 amide bonds. The average Bonchev–Trinajstić information content (AvgIpc) is 2.43. The van der Waals surface area contributed by atoms with Crippen molar-refractivity contribution in [2.45, 2.75) is 45.4 Å². The van der Waals surface area contributed by atoms with Gasteiger partial charge in [0.25, 0.3) is 0 Å². The van der Waals surface area contributed by atoms with Crippen LogP contribution in [0, 0.1) is 5.92 Å². The molecule has 0 atom stereocenters. The summed E-state index contributed by atoms with van der Waals surface area (Å²) in [4.78, 5) is 17.0. The first-order chi connectivity index (χ1) is 10.1. The average molecular weight is 292 g/mol. The Morgan fingerprint density at radius 2 is 1.95 bits per heavy atom. The fraction of sp³-hybridized carbons (Fsp3) is 0.562. The van der Waals surface area contributed by atoms with E-state index in [1.54, 1.807) is 0 Å². The second-order valence-corrected chi connectivity index (χ2v) is 5.89. The van der Waals surface area contributed by atoms with Crippen LogP contribution >= 0.6 is 0 Å². The van der Waals surface area contributed by atoms with Gasteiger partial charge in [-0.3, -0.25) is 0 Å². The molecule has 1 fully saturated rings. The number of carbonyl (C=O) groups is 1. The number of rotatable bonds is 7. The molecule has 0 saturated heterocycles. The van der Waals surface area contributed by atoms with Gasteiger partial charge in [0.15, 0.2) is 0 Å². The Morgan fingerprint density at radius 1 is 1.24 bits per heavy atom. The zero-order valence-electron chi connectivity index (χ0n) is 12.7. The summed E-state index contributed by atoms with van der Waals surface area (Å²) in [6, 6.07) is 10.2. The van der Waals surface area contributed by atoms with E-state index in [1.807, 2.05) is 30.3 Å². The molecule has 116 valence electrons. The van der Waals surface area contributed by atoms with Crippen LogP contribution in [0.1, 0.15) is 32.3 Å². The fourth-order valence-corrected chi connectivity index (χ4v) is 2.10. The van der Waals surface area contributed by atoms with Crippen molar-refractivity contribution >= 4 is 6.09 Å². The van der Waals surface area contributed by atoms with E-state index in [4.69, 9.17) is 9.57 Å². The third-order valence-corrected chi connectivity index (χ3v) is 3.34. The lowest BCUT2D eigenvalue weighted by molar-refractivity contribution is -0.0237. The van der Waals surface area contributed by atoms with Gasteiger partial charge in [-0.15, -0.1) is 0 Å². The maximum absolute atomic E-state index is 11.6. The number of nitrogens with one attached hydrogen (secondary N) is 2. The van der Waals surface area contributed by atoms with Gasteiger partial charge in [0.1, 0.15) is 6.61 Å². The van der Waals surface area contributed by atoms with Gasteiger partial charge in [-0.05, 0) is 24.3 Å². The second-order valence-electron chi connectivity index (χ2n) is 5.89. The van der Waals surface area contributed by atoms with Crippen LogP contribution in [0.25, 0.3) is 0 Å². The van der Waals surface area contributed by atoms with Gasteiger partial charge in [0.2, 0.25) is 0 Å². The van der Waals surface area contributed by atoms with Crippen LogP contribution in [0.2, 0.25) is 0 Å². The molecule has 0 aromatic heterocycles. The SMILES string of the molecule is CC(C)CONC1CC(NC(=O)OCc2ccccc2)C1. The standard InChI is InChI=1S/C16H24N2O3/c1-12(2)10-21-18-15-8-14(9-15)17-16(19)20-11-13-6-4-3-5-7-13/h3-7,12,14-15,18H,8-11H2,1-2H3,(H,17,19). The number of amides is 1. The highest BCUT2D eigenvalue weighted by Crippen LogP contribution is 2.20. The molecule has 0 spiro atoms. The number of hydrogen-bond donors (Lipinski definition) is 2. The van der Waals surface area contributed by atoms with Crippen molar-refractivity contribution in [1.29, 1.82) is 0 Å². The number of ether oxygens (including phenoxy) is 1. The third-order valence-electron chi connectivity index (χ3n) is 3.34. The number of carbonyl (C=O) groups excluding carboxylic acids is 1. The van der Waals surface area contributed by atoms with Crippen LogP contribution in [-0.2, 0) is 16.2 Å². The minimum absolute atomic E-state index is 0.174. The molecule has 0 unspecified atom stereocenters. The molecule has 0 bridgehead atoms. The van der Waals surface area contributed by atoms with E-state index in [9.17, 15) is 4.79 Å². The van der Waals surface area contributed by atoms with E-state index in [2.05, 4.69) is 24.6 Å².